The first-order chi connectivity index (χ1) is 6.27. The van der Waals surface area contributed by atoms with E-state index in [-0.39, 0.29) is 0 Å². The minimum Gasteiger partial charge on any atom is -0.126 e. The zero-order chi connectivity index (χ0) is 9.26. The van der Waals surface area contributed by atoms with Gasteiger partial charge in [-0.3, -0.25) is 0 Å². The van der Waals surface area contributed by atoms with Gasteiger partial charge in [0.05, 0.1) is 5.02 Å². The summed E-state index contributed by atoms with van der Waals surface area (Å²) in [6.45, 7) is 0. The second kappa shape index (κ2) is 4.07. The molecule has 1 aliphatic heterocycles. The van der Waals surface area contributed by atoms with Gasteiger partial charge in [-0.2, -0.15) is 0 Å². The second-order valence-electron chi connectivity index (χ2n) is 2.91. The van der Waals surface area contributed by atoms with Gasteiger partial charge in [0.1, 0.15) is 0 Å². The third kappa shape index (κ3) is 2.12. The highest BCUT2D eigenvalue weighted by molar-refractivity contribution is 9.10. The molecule has 0 amide bonds. The van der Waals surface area contributed by atoms with E-state index in [9.17, 15) is 0 Å². The number of rotatable bonds is 1. The van der Waals surface area contributed by atoms with Crippen LogP contribution in [0, 0.1) is 0 Å². The molecule has 0 saturated carbocycles. The predicted molar refractivity (Wildman–Crippen MR) is 63.2 cm³/mol. The molecule has 0 aromatic heterocycles. The first-order valence-electron chi connectivity index (χ1n) is 4.03. The van der Waals surface area contributed by atoms with Gasteiger partial charge in [0.15, 0.2) is 0 Å². The van der Waals surface area contributed by atoms with E-state index >= 15 is 0 Å². The fraction of sp³-hybridized carbons (Fsp3) is 0.200. The third-order valence-corrected chi connectivity index (χ3v) is 4.38. The monoisotopic (exact) mass is 274 g/mol. The summed E-state index contributed by atoms with van der Waals surface area (Å²) in [5.41, 5.74) is 1.31. The van der Waals surface area contributed by atoms with Crippen LogP contribution < -0.4 is 0 Å². The normalized spacial score (nSPS) is 20.9. The van der Waals surface area contributed by atoms with Crippen LogP contribution in [-0.4, -0.2) is 0 Å². The lowest BCUT2D eigenvalue weighted by Crippen LogP contribution is -1.88. The highest BCUT2D eigenvalue weighted by Gasteiger charge is 2.14. The first-order valence-corrected chi connectivity index (χ1v) is 6.14. The molecule has 0 saturated heterocycles. The quantitative estimate of drug-likeness (QED) is 0.710. The van der Waals surface area contributed by atoms with Crippen molar-refractivity contribution in [1.29, 1.82) is 0 Å². The minimum atomic E-state index is 0.561. The molecule has 0 bridgehead atoms. The van der Waals surface area contributed by atoms with E-state index < -0.39 is 0 Å². The van der Waals surface area contributed by atoms with Crippen molar-refractivity contribution in [2.75, 3.05) is 0 Å². The van der Waals surface area contributed by atoms with Crippen molar-refractivity contribution in [3.8, 4) is 0 Å². The van der Waals surface area contributed by atoms with Crippen LogP contribution in [0.15, 0.2) is 34.2 Å². The molecule has 0 N–H and O–H groups in total. The number of hydrogen-bond donors (Lipinski definition) is 0. The Bertz CT molecular complexity index is 341. The van der Waals surface area contributed by atoms with Crippen LogP contribution in [-0.2, 0) is 0 Å². The summed E-state index contributed by atoms with van der Waals surface area (Å²) in [6.07, 6.45) is 3.31. The van der Waals surface area contributed by atoms with Gasteiger partial charge in [-0.05, 0) is 45.5 Å². The lowest BCUT2D eigenvalue weighted by atomic mass is 10.1. The van der Waals surface area contributed by atoms with Crippen molar-refractivity contribution >= 4 is 39.3 Å². The largest absolute Gasteiger partial charge is 0.126 e. The van der Waals surface area contributed by atoms with Gasteiger partial charge < -0.3 is 0 Å². The lowest BCUT2D eigenvalue weighted by molar-refractivity contribution is 0.990. The standard InChI is InChI=1S/C10H8BrClS/c11-8-4-3-7(6-9(8)12)10-2-1-5-13-10/h1,3-6,10H,2H2. The summed E-state index contributed by atoms with van der Waals surface area (Å²) < 4.78 is 0.967. The lowest BCUT2D eigenvalue weighted by Gasteiger charge is -2.09. The molecule has 3 heteroatoms. The number of benzene rings is 1. The molecule has 0 spiro atoms. The maximum atomic E-state index is 6.02. The van der Waals surface area contributed by atoms with Gasteiger partial charge in [0.25, 0.3) is 0 Å². The van der Waals surface area contributed by atoms with Crippen LogP contribution in [0.3, 0.4) is 0 Å². The van der Waals surface area contributed by atoms with Gasteiger partial charge in [-0.15, -0.1) is 11.8 Å². The average molecular weight is 276 g/mol. The molecule has 1 heterocycles. The first kappa shape index (κ1) is 9.63. The molecule has 0 aliphatic carbocycles. The van der Waals surface area contributed by atoms with Crippen LogP contribution in [0.1, 0.15) is 17.2 Å². The summed E-state index contributed by atoms with van der Waals surface area (Å²) in [4.78, 5) is 0. The Kier molecular flexibility index (Phi) is 3.02. The van der Waals surface area contributed by atoms with Crippen molar-refractivity contribution in [2.45, 2.75) is 11.7 Å². The molecular weight excluding hydrogens is 268 g/mol. The molecule has 1 aromatic carbocycles. The number of thioether (sulfide) groups is 1. The second-order valence-corrected chi connectivity index (χ2v) is 5.28. The topological polar surface area (TPSA) is 0 Å². The van der Waals surface area contributed by atoms with E-state index in [4.69, 9.17) is 11.6 Å². The van der Waals surface area contributed by atoms with E-state index in [0.717, 1.165) is 15.9 Å². The molecule has 0 radical (unpaired) electrons. The van der Waals surface area contributed by atoms with Gasteiger partial charge in [-0.1, -0.05) is 23.7 Å². The van der Waals surface area contributed by atoms with Crippen molar-refractivity contribution in [2.24, 2.45) is 0 Å². The fourth-order valence-electron chi connectivity index (χ4n) is 1.31. The Hall–Kier alpha value is 0.0800. The summed E-state index contributed by atoms with van der Waals surface area (Å²) in [6, 6.07) is 6.17. The zero-order valence-corrected chi connectivity index (χ0v) is 9.99. The molecule has 13 heavy (non-hydrogen) atoms. The van der Waals surface area contributed by atoms with Crippen molar-refractivity contribution in [1.82, 2.24) is 0 Å². The van der Waals surface area contributed by atoms with Gasteiger partial charge in [0, 0.05) is 9.72 Å². The van der Waals surface area contributed by atoms with Gasteiger partial charge in [-0.25, -0.2) is 0 Å². The summed E-state index contributed by atoms with van der Waals surface area (Å²) >= 11 is 11.3. The van der Waals surface area contributed by atoms with E-state index in [1.165, 1.54) is 5.56 Å². The van der Waals surface area contributed by atoms with Crippen LogP contribution in [0.2, 0.25) is 5.02 Å². The highest BCUT2D eigenvalue weighted by atomic mass is 79.9. The Morgan fingerprint density at radius 3 is 2.92 bits per heavy atom. The van der Waals surface area contributed by atoms with Crippen LogP contribution in [0.5, 0.6) is 0 Å². The molecule has 1 atom stereocenters. The van der Waals surface area contributed by atoms with Crippen molar-refractivity contribution in [3.05, 3.63) is 44.7 Å². The number of hydrogen-bond acceptors (Lipinski definition) is 1. The molecule has 68 valence electrons. The smallest absolute Gasteiger partial charge is 0.0551 e. The predicted octanol–water partition coefficient (Wildman–Crippen LogP) is 4.79. The van der Waals surface area contributed by atoms with Crippen molar-refractivity contribution in [3.63, 3.8) is 0 Å². The van der Waals surface area contributed by atoms with Crippen LogP contribution in [0.25, 0.3) is 0 Å². The number of allylic oxidation sites excluding steroid dienone is 1. The molecule has 0 fully saturated rings. The summed E-state index contributed by atoms with van der Waals surface area (Å²) in [5, 5.41) is 3.51. The van der Waals surface area contributed by atoms with Crippen molar-refractivity contribution < 1.29 is 0 Å². The SMILES string of the molecule is Clc1cc(C2CC=CS2)ccc1Br. The Morgan fingerprint density at radius 2 is 2.31 bits per heavy atom. The maximum absolute atomic E-state index is 6.02. The van der Waals surface area contributed by atoms with E-state index in [1.807, 2.05) is 23.9 Å². The van der Waals surface area contributed by atoms with E-state index in [2.05, 4.69) is 33.5 Å². The molecule has 1 unspecified atom stereocenters. The van der Waals surface area contributed by atoms with Gasteiger partial charge in [0.2, 0.25) is 0 Å². The fourth-order valence-corrected chi connectivity index (χ4v) is 2.69. The Morgan fingerprint density at radius 1 is 1.46 bits per heavy atom. The average Bonchev–Trinajstić information content (AvgIpc) is 2.62. The summed E-state index contributed by atoms with van der Waals surface area (Å²) in [7, 11) is 0. The third-order valence-electron chi connectivity index (χ3n) is 2.00. The van der Waals surface area contributed by atoms with Crippen LogP contribution in [0.4, 0.5) is 0 Å². The molecule has 1 aliphatic rings. The highest BCUT2D eigenvalue weighted by Crippen LogP contribution is 2.39. The van der Waals surface area contributed by atoms with E-state index in [0.29, 0.717) is 5.25 Å². The summed E-state index contributed by atoms with van der Waals surface area (Å²) in [5.74, 6) is 0. The van der Waals surface area contributed by atoms with Crippen LogP contribution >= 0.6 is 39.3 Å². The Labute approximate surface area is 95.5 Å². The van der Waals surface area contributed by atoms with E-state index in [1.54, 1.807) is 0 Å². The maximum Gasteiger partial charge on any atom is 0.0551 e. The molecule has 0 nitrogen and oxygen atoms in total. The molecule has 2 rings (SSSR count). The number of halogens is 2. The zero-order valence-electron chi connectivity index (χ0n) is 6.84. The minimum absolute atomic E-state index is 0.561. The Balaban J connectivity index is 2.26. The molecule has 1 aromatic rings. The molecular formula is C10H8BrClS. The van der Waals surface area contributed by atoms with Gasteiger partial charge >= 0.3 is 0 Å².